The molecule has 1 heterocycles. The third-order valence-electron chi connectivity index (χ3n) is 4.88. The smallest absolute Gasteiger partial charge is 0.223 e. The second-order valence-corrected chi connectivity index (χ2v) is 6.48. The Morgan fingerprint density at radius 2 is 1.82 bits per heavy atom. The molecule has 1 amide bonds. The molecule has 1 aromatic carbocycles. The first-order valence-electron chi connectivity index (χ1n) is 8.32. The molecule has 1 fully saturated rings. The second-order valence-electron chi connectivity index (χ2n) is 6.48. The van der Waals surface area contributed by atoms with Gasteiger partial charge in [0.1, 0.15) is 0 Å². The quantitative estimate of drug-likeness (QED) is 0.866. The largest absolute Gasteiger partial charge is 0.343 e. The van der Waals surface area contributed by atoms with Crippen LogP contribution in [0.4, 0.5) is 0 Å². The Balaban J connectivity index is 1.53. The molecule has 1 aromatic rings. The molecular weight excluding hydrogens is 276 g/mol. The van der Waals surface area contributed by atoms with Gasteiger partial charge in [-0.3, -0.25) is 9.59 Å². The van der Waals surface area contributed by atoms with Gasteiger partial charge in [-0.1, -0.05) is 12.1 Å². The van der Waals surface area contributed by atoms with Gasteiger partial charge in [-0.05, 0) is 49.3 Å². The van der Waals surface area contributed by atoms with E-state index < -0.39 is 0 Å². The van der Waals surface area contributed by atoms with Crippen LogP contribution >= 0.6 is 0 Å². The van der Waals surface area contributed by atoms with Crippen molar-refractivity contribution in [1.82, 2.24) is 4.90 Å². The van der Waals surface area contributed by atoms with Gasteiger partial charge in [0.05, 0.1) is 0 Å². The van der Waals surface area contributed by atoms with E-state index in [0.29, 0.717) is 12.8 Å². The topological polar surface area (TPSA) is 63.4 Å². The van der Waals surface area contributed by atoms with Gasteiger partial charge < -0.3 is 10.6 Å². The number of fused-ring (bicyclic) bond motifs is 1. The number of hydrogen-bond donors (Lipinski definition) is 1. The lowest BCUT2D eigenvalue weighted by molar-refractivity contribution is -0.132. The molecule has 22 heavy (non-hydrogen) atoms. The molecule has 0 aromatic heterocycles. The first kappa shape index (κ1) is 15.2. The maximum Gasteiger partial charge on any atom is 0.223 e. The fourth-order valence-electron chi connectivity index (χ4n) is 3.42. The summed E-state index contributed by atoms with van der Waals surface area (Å²) in [5.74, 6) is 0.165. The summed E-state index contributed by atoms with van der Waals surface area (Å²) in [7, 11) is 0. The van der Waals surface area contributed by atoms with Crippen LogP contribution in [0, 0.1) is 0 Å². The number of aryl methyl sites for hydroxylation is 2. The zero-order valence-corrected chi connectivity index (χ0v) is 13.0. The number of carbonyl (C=O) groups excluding carboxylic acids is 2. The minimum absolute atomic E-state index is 0.0803. The molecule has 0 radical (unpaired) electrons. The Bertz CT molecular complexity index is 574. The predicted octanol–water partition coefficient (Wildman–Crippen LogP) is 2.09. The van der Waals surface area contributed by atoms with E-state index >= 15 is 0 Å². The van der Waals surface area contributed by atoms with Crippen LogP contribution < -0.4 is 5.73 Å². The molecule has 0 bridgehead atoms. The number of Topliss-reactive ketones (excluding diaryl/α,β-unsaturated/α-hetero) is 1. The first-order valence-corrected chi connectivity index (χ1v) is 8.32. The molecule has 0 atom stereocenters. The summed E-state index contributed by atoms with van der Waals surface area (Å²) in [5, 5.41) is 0. The number of carbonyl (C=O) groups is 2. The number of nitrogens with two attached hydrogens (primary N) is 1. The molecule has 1 aliphatic carbocycles. The fraction of sp³-hybridized carbons (Fsp3) is 0.556. The normalized spacial score (nSPS) is 18.3. The summed E-state index contributed by atoms with van der Waals surface area (Å²) in [6.45, 7) is 1.46. The summed E-state index contributed by atoms with van der Waals surface area (Å²) in [5.41, 5.74) is 9.29. The van der Waals surface area contributed by atoms with E-state index in [1.165, 1.54) is 17.5 Å². The van der Waals surface area contributed by atoms with Gasteiger partial charge in [0, 0.05) is 37.5 Å². The molecule has 0 saturated carbocycles. The number of ketones is 1. The number of likely N-dealkylation sites (tertiary alicyclic amines) is 1. The van der Waals surface area contributed by atoms with E-state index in [0.717, 1.165) is 44.3 Å². The van der Waals surface area contributed by atoms with E-state index in [2.05, 4.69) is 6.07 Å². The third kappa shape index (κ3) is 3.38. The molecule has 2 N–H and O–H groups in total. The minimum atomic E-state index is 0.0803. The first-order chi connectivity index (χ1) is 10.6. The van der Waals surface area contributed by atoms with Crippen molar-refractivity contribution in [3.63, 3.8) is 0 Å². The fourth-order valence-corrected chi connectivity index (χ4v) is 3.42. The highest BCUT2D eigenvalue weighted by Gasteiger charge is 2.21. The van der Waals surface area contributed by atoms with Crippen molar-refractivity contribution in [2.45, 2.75) is 51.0 Å². The van der Waals surface area contributed by atoms with Gasteiger partial charge in [-0.15, -0.1) is 0 Å². The maximum absolute atomic E-state index is 12.3. The molecule has 4 nitrogen and oxygen atoms in total. The van der Waals surface area contributed by atoms with Crippen molar-refractivity contribution in [1.29, 1.82) is 0 Å². The van der Waals surface area contributed by atoms with Crippen LogP contribution in [-0.2, 0) is 17.6 Å². The maximum atomic E-state index is 12.3. The van der Waals surface area contributed by atoms with Gasteiger partial charge in [-0.2, -0.15) is 0 Å². The van der Waals surface area contributed by atoms with Gasteiger partial charge in [0.25, 0.3) is 0 Å². The van der Waals surface area contributed by atoms with Gasteiger partial charge in [-0.25, -0.2) is 0 Å². The van der Waals surface area contributed by atoms with Crippen molar-refractivity contribution in [3.8, 4) is 0 Å². The molecule has 4 heteroatoms. The van der Waals surface area contributed by atoms with Crippen molar-refractivity contribution in [2.24, 2.45) is 5.73 Å². The summed E-state index contributed by atoms with van der Waals surface area (Å²) in [6.07, 6.45) is 5.73. The van der Waals surface area contributed by atoms with Gasteiger partial charge in [0.2, 0.25) is 5.91 Å². The number of hydrogen-bond acceptors (Lipinski definition) is 3. The molecule has 2 aliphatic rings. The summed E-state index contributed by atoms with van der Waals surface area (Å²) in [6, 6.07) is 6.23. The van der Waals surface area contributed by atoms with Crippen LogP contribution in [0.25, 0.3) is 0 Å². The minimum Gasteiger partial charge on any atom is -0.343 e. The lowest BCUT2D eigenvalue weighted by Gasteiger charge is -2.30. The number of amides is 1. The van der Waals surface area contributed by atoms with Crippen LogP contribution in [0.15, 0.2) is 18.2 Å². The highest BCUT2D eigenvalue weighted by atomic mass is 16.2. The van der Waals surface area contributed by atoms with E-state index in [-0.39, 0.29) is 17.7 Å². The number of nitrogens with zero attached hydrogens (tertiary/aromatic N) is 1. The zero-order chi connectivity index (χ0) is 15.5. The third-order valence-corrected chi connectivity index (χ3v) is 4.88. The molecule has 118 valence electrons. The second kappa shape index (κ2) is 6.61. The summed E-state index contributed by atoms with van der Waals surface area (Å²) in [4.78, 5) is 26.3. The highest BCUT2D eigenvalue weighted by Crippen LogP contribution is 2.23. The average molecular weight is 300 g/mol. The van der Waals surface area contributed by atoms with Crippen molar-refractivity contribution >= 4 is 11.7 Å². The molecular formula is C18H24N2O2. The lowest BCUT2D eigenvalue weighted by Crippen LogP contribution is -2.42. The number of piperidine rings is 1. The van der Waals surface area contributed by atoms with Crippen LogP contribution in [0.2, 0.25) is 0 Å². The van der Waals surface area contributed by atoms with Crippen molar-refractivity contribution in [2.75, 3.05) is 13.1 Å². The molecule has 0 spiro atoms. The molecule has 1 saturated heterocycles. The Labute approximate surface area is 131 Å². The predicted molar refractivity (Wildman–Crippen MR) is 85.8 cm³/mol. The Morgan fingerprint density at radius 3 is 2.59 bits per heavy atom. The SMILES string of the molecule is NC1CCN(C(=O)CCC(=O)c2ccc3c(c2)CCC3)CC1. The van der Waals surface area contributed by atoms with Crippen molar-refractivity contribution < 1.29 is 9.59 Å². The Hall–Kier alpha value is -1.68. The van der Waals surface area contributed by atoms with E-state index in [4.69, 9.17) is 5.73 Å². The van der Waals surface area contributed by atoms with Gasteiger partial charge >= 0.3 is 0 Å². The lowest BCUT2D eigenvalue weighted by atomic mass is 10.0. The van der Waals surface area contributed by atoms with Crippen LogP contribution in [0.5, 0.6) is 0 Å². The van der Waals surface area contributed by atoms with E-state index in [1.807, 2.05) is 17.0 Å². The van der Waals surface area contributed by atoms with E-state index in [1.54, 1.807) is 0 Å². The van der Waals surface area contributed by atoms with Crippen LogP contribution in [-0.4, -0.2) is 35.7 Å². The van der Waals surface area contributed by atoms with Crippen LogP contribution in [0.1, 0.15) is 53.6 Å². The Kier molecular flexibility index (Phi) is 4.57. The molecule has 3 rings (SSSR count). The average Bonchev–Trinajstić information content (AvgIpc) is 3.00. The summed E-state index contributed by atoms with van der Waals surface area (Å²) >= 11 is 0. The summed E-state index contributed by atoms with van der Waals surface area (Å²) < 4.78 is 0. The number of benzene rings is 1. The van der Waals surface area contributed by atoms with Crippen molar-refractivity contribution in [3.05, 3.63) is 34.9 Å². The zero-order valence-electron chi connectivity index (χ0n) is 13.0. The standard InChI is InChI=1S/C18H24N2O2/c19-16-8-10-20(11-9-16)18(22)7-6-17(21)15-5-4-13-2-1-3-14(13)12-15/h4-5,12,16H,1-3,6-11,19H2. The molecule has 0 unspecified atom stereocenters. The number of rotatable bonds is 4. The molecule has 1 aliphatic heterocycles. The van der Waals surface area contributed by atoms with Crippen LogP contribution in [0.3, 0.4) is 0 Å². The van der Waals surface area contributed by atoms with E-state index in [9.17, 15) is 9.59 Å². The highest BCUT2D eigenvalue weighted by molar-refractivity contribution is 5.98. The van der Waals surface area contributed by atoms with Gasteiger partial charge in [0.15, 0.2) is 5.78 Å². The monoisotopic (exact) mass is 300 g/mol. The Morgan fingerprint density at radius 1 is 1.09 bits per heavy atom.